The molecule has 4 saturated carbocycles. The van der Waals surface area contributed by atoms with Crippen molar-refractivity contribution in [3.8, 4) is 0 Å². The fourth-order valence-corrected chi connectivity index (χ4v) is 6.65. The molecule has 4 bridgehead atoms. The van der Waals surface area contributed by atoms with Gasteiger partial charge in [0, 0.05) is 11.3 Å². The lowest BCUT2D eigenvalue weighted by atomic mass is 9.53. The molecule has 1 aromatic rings. The highest BCUT2D eigenvalue weighted by molar-refractivity contribution is 7.99. The quantitative estimate of drug-likeness (QED) is 0.839. The largest absolute Gasteiger partial charge is 0.350 e. The molecule has 1 N–H and O–H groups in total. The molecule has 0 radical (unpaired) electrons. The van der Waals surface area contributed by atoms with Gasteiger partial charge in [-0.2, -0.15) is 0 Å². The average molecular weight is 344 g/mol. The third-order valence-corrected chi connectivity index (χ3v) is 7.74. The van der Waals surface area contributed by atoms with Gasteiger partial charge in [-0.05, 0) is 81.3 Å². The number of carbonyl (C=O) groups is 1. The molecule has 24 heavy (non-hydrogen) atoms. The van der Waals surface area contributed by atoms with E-state index < -0.39 is 0 Å². The third kappa shape index (κ3) is 3.24. The van der Waals surface area contributed by atoms with Gasteiger partial charge in [0.2, 0.25) is 5.91 Å². The molecule has 5 rings (SSSR count). The van der Waals surface area contributed by atoms with Crippen LogP contribution in [-0.2, 0) is 10.5 Å². The minimum absolute atomic E-state index is 0.0256. The summed E-state index contributed by atoms with van der Waals surface area (Å²) in [6, 6.07) is 8.48. The number of aryl methyl sites for hydroxylation is 1. The minimum Gasteiger partial charge on any atom is -0.350 e. The highest BCUT2D eigenvalue weighted by Crippen LogP contribution is 2.55. The van der Waals surface area contributed by atoms with Gasteiger partial charge in [-0.1, -0.05) is 24.3 Å². The van der Waals surface area contributed by atoms with Crippen LogP contribution < -0.4 is 5.32 Å². The van der Waals surface area contributed by atoms with Gasteiger partial charge in [0.1, 0.15) is 0 Å². The number of nitrogens with one attached hydrogen (secondary N) is 1. The van der Waals surface area contributed by atoms with Crippen molar-refractivity contribution in [1.82, 2.24) is 5.32 Å². The lowest BCUT2D eigenvalue weighted by Gasteiger charge is -2.57. The molecule has 3 heteroatoms. The maximum Gasteiger partial charge on any atom is 0.233 e. The maximum absolute atomic E-state index is 12.8. The fraction of sp³-hybridized carbons (Fsp3) is 0.667. The standard InChI is InChI=1S/C21H29NOS/c1-14-5-3-4-6-19(14)13-24-15(2)20(23)22-21-10-16-7-17(11-21)9-18(8-16)12-21/h3-6,15-18H,7-13H2,1-2H3,(H,22,23). The van der Waals surface area contributed by atoms with E-state index in [2.05, 4.69) is 43.4 Å². The Morgan fingerprint density at radius 3 is 2.33 bits per heavy atom. The smallest absolute Gasteiger partial charge is 0.233 e. The first-order valence-corrected chi connectivity index (χ1v) is 10.6. The Morgan fingerprint density at radius 1 is 1.17 bits per heavy atom. The Morgan fingerprint density at radius 2 is 1.75 bits per heavy atom. The van der Waals surface area contributed by atoms with Gasteiger partial charge in [0.05, 0.1) is 5.25 Å². The molecular formula is C21H29NOS. The van der Waals surface area contributed by atoms with E-state index in [0.717, 1.165) is 23.5 Å². The monoisotopic (exact) mass is 343 g/mol. The van der Waals surface area contributed by atoms with Crippen LogP contribution in [0.5, 0.6) is 0 Å². The second-order valence-electron chi connectivity index (χ2n) is 8.57. The van der Waals surface area contributed by atoms with E-state index in [1.54, 1.807) is 11.8 Å². The summed E-state index contributed by atoms with van der Waals surface area (Å²) in [6.45, 7) is 4.22. The summed E-state index contributed by atoms with van der Waals surface area (Å²) in [6.07, 6.45) is 7.98. The van der Waals surface area contributed by atoms with Crippen molar-refractivity contribution in [3.05, 3.63) is 35.4 Å². The second-order valence-corrected chi connectivity index (χ2v) is 9.90. The van der Waals surface area contributed by atoms with Gasteiger partial charge in [-0.25, -0.2) is 0 Å². The number of amides is 1. The molecule has 0 aromatic heterocycles. The SMILES string of the molecule is Cc1ccccc1CSC(C)C(=O)NC12CC3CC(CC(C3)C1)C2. The number of thioether (sulfide) groups is 1. The van der Waals surface area contributed by atoms with E-state index in [-0.39, 0.29) is 16.7 Å². The lowest BCUT2D eigenvalue weighted by molar-refractivity contribution is -0.126. The Labute approximate surface area is 150 Å². The van der Waals surface area contributed by atoms with E-state index in [4.69, 9.17) is 0 Å². The zero-order chi connectivity index (χ0) is 16.7. The molecule has 1 atom stereocenters. The van der Waals surface area contributed by atoms with E-state index >= 15 is 0 Å². The topological polar surface area (TPSA) is 29.1 Å². The molecule has 4 aliphatic rings. The lowest BCUT2D eigenvalue weighted by Crippen LogP contribution is -2.60. The second kappa shape index (κ2) is 6.40. The molecule has 0 spiro atoms. The van der Waals surface area contributed by atoms with Crippen LogP contribution in [0.15, 0.2) is 24.3 Å². The molecule has 0 heterocycles. The van der Waals surface area contributed by atoms with Crippen molar-refractivity contribution in [1.29, 1.82) is 0 Å². The first-order valence-electron chi connectivity index (χ1n) is 9.51. The molecule has 1 amide bonds. The minimum atomic E-state index is 0.0256. The predicted octanol–water partition coefficient (Wildman–Crippen LogP) is 4.70. The molecule has 130 valence electrons. The van der Waals surface area contributed by atoms with Crippen molar-refractivity contribution in [2.45, 2.75) is 68.9 Å². The number of rotatable bonds is 5. The Kier molecular flexibility index (Phi) is 4.40. The van der Waals surface area contributed by atoms with Crippen LogP contribution in [0.25, 0.3) is 0 Å². The van der Waals surface area contributed by atoms with Gasteiger partial charge in [-0.15, -0.1) is 11.8 Å². The van der Waals surface area contributed by atoms with Crippen molar-refractivity contribution in [2.75, 3.05) is 0 Å². The van der Waals surface area contributed by atoms with E-state index in [1.807, 2.05) is 0 Å². The van der Waals surface area contributed by atoms with E-state index in [1.165, 1.54) is 49.7 Å². The zero-order valence-electron chi connectivity index (χ0n) is 14.9. The van der Waals surface area contributed by atoms with Crippen LogP contribution in [0.4, 0.5) is 0 Å². The van der Waals surface area contributed by atoms with Crippen molar-refractivity contribution >= 4 is 17.7 Å². The molecule has 4 fully saturated rings. The first kappa shape index (κ1) is 16.5. The number of hydrogen-bond acceptors (Lipinski definition) is 2. The average Bonchev–Trinajstić information content (AvgIpc) is 2.52. The highest BCUT2D eigenvalue weighted by atomic mass is 32.2. The van der Waals surface area contributed by atoms with Crippen molar-refractivity contribution in [2.24, 2.45) is 17.8 Å². The molecule has 4 aliphatic carbocycles. The maximum atomic E-state index is 12.8. The number of carbonyl (C=O) groups excluding carboxylic acids is 1. The van der Waals surface area contributed by atoms with Gasteiger partial charge in [0.15, 0.2) is 0 Å². The van der Waals surface area contributed by atoms with E-state index in [9.17, 15) is 4.79 Å². The molecule has 0 saturated heterocycles. The summed E-state index contributed by atoms with van der Waals surface area (Å²) >= 11 is 1.77. The number of hydrogen-bond donors (Lipinski definition) is 1. The van der Waals surface area contributed by atoms with Crippen molar-refractivity contribution in [3.63, 3.8) is 0 Å². The zero-order valence-corrected chi connectivity index (χ0v) is 15.7. The first-order chi connectivity index (χ1) is 11.5. The predicted molar refractivity (Wildman–Crippen MR) is 101 cm³/mol. The van der Waals surface area contributed by atoms with Crippen LogP contribution in [0.2, 0.25) is 0 Å². The van der Waals surface area contributed by atoms with E-state index in [0.29, 0.717) is 0 Å². The molecule has 1 aromatic carbocycles. The fourth-order valence-electron chi connectivity index (χ4n) is 5.69. The Bertz CT molecular complexity index is 591. The molecule has 2 nitrogen and oxygen atoms in total. The summed E-state index contributed by atoms with van der Waals surface area (Å²) < 4.78 is 0. The summed E-state index contributed by atoms with van der Waals surface area (Å²) in [4.78, 5) is 12.8. The van der Waals surface area contributed by atoms with Crippen LogP contribution in [0, 0.1) is 24.7 Å². The van der Waals surface area contributed by atoms with Crippen LogP contribution in [0.3, 0.4) is 0 Å². The normalized spacial score (nSPS) is 35.0. The van der Waals surface area contributed by atoms with Crippen molar-refractivity contribution < 1.29 is 4.79 Å². The molecule has 0 aliphatic heterocycles. The summed E-state index contributed by atoms with van der Waals surface area (Å²) in [5, 5.41) is 3.54. The number of benzene rings is 1. The van der Waals surface area contributed by atoms with Gasteiger partial charge in [0.25, 0.3) is 0 Å². The highest BCUT2D eigenvalue weighted by Gasteiger charge is 2.51. The van der Waals surface area contributed by atoms with Crippen LogP contribution in [0.1, 0.15) is 56.6 Å². The summed E-state index contributed by atoms with van der Waals surface area (Å²) in [5.41, 5.74) is 2.80. The Hall–Kier alpha value is -0.960. The third-order valence-electron chi connectivity index (χ3n) is 6.55. The molecule has 1 unspecified atom stereocenters. The summed E-state index contributed by atoms with van der Waals surface area (Å²) in [7, 11) is 0. The Balaban J connectivity index is 1.35. The summed E-state index contributed by atoms with van der Waals surface area (Å²) in [5.74, 6) is 3.82. The van der Waals surface area contributed by atoms with Crippen LogP contribution >= 0.6 is 11.8 Å². The van der Waals surface area contributed by atoms with Crippen LogP contribution in [-0.4, -0.2) is 16.7 Å². The van der Waals surface area contributed by atoms with Gasteiger partial charge < -0.3 is 5.32 Å². The molecular weight excluding hydrogens is 314 g/mol. The van der Waals surface area contributed by atoms with Gasteiger partial charge >= 0.3 is 0 Å². The van der Waals surface area contributed by atoms with Gasteiger partial charge in [-0.3, -0.25) is 4.79 Å².